The first-order valence-corrected chi connectivity index (χ1v) is 7.69. The summed E-state index contributed by atoms with van der Waals surface area (Å²) in [5.41, 5.74) is 1.84. The van der Waals surface area contributed by atoms with Crippen LogP contribution in [0.5, 0.6) is 0 Å². The summed E-state index contributed by atoms with van der Waals surface area (Å²) >= 11 is 0. The standard InChI is InChI=1S/C17H25FN2O2/c1-11-9-12(18)5-6-13(11)14-10-20(16(21)22)8-7-15(14)19-17(2,3)4/h5-6,9,14-15,19H,7-8,10H2,1-4H3,(H,21,22)/t14-,15+/m0/s1. The molecule has 0 saturated carbocycles. The van der Waals surface area contributed by atoms with E-state index < -0.39 is 6.09 Å². The van der Waals surface area contributed by atoms with Crippen LogP contribution in [-0.4, -0.2) is 40.8 Å². The molecule has 0 spiro atoms. The quantitative estimate of drug-likeness (QED) is 0.881. The van der Waals surface area contributed by atoms with E-state index in [1.165, 1.54) is 17.0 Å². The maximum atomic E-state index is 13.4. The molecule has 1 aliphatic rings. The highest BCUT2D eigenvalue weighted by Crippen LogP contribution is 2.31. The second-order valence-electron chi connectivity index (χ2n) is 7.13. The molecule has 1 fully saturated rings. The lowest BCUT2D eigenvalue weighted by Crippen LogP contribution is -2.54. The van der Waals surface area contributed by atoms with Crippen LogP contribution in [0.1, 0.15) is 44.2 Å². The van der Waals surface area contributed by atoms with Crippen molar-refractivity contribution in [1.29, 1.82) is 0 Å². The summed E-state index contributed by atoms with van der Waals surface area (Å²) in [5, 5.41) is 12.9. The van der Waals surface area contributed by atoms with Gasteiger partial charge in [-0.1, -0.05) is 6.07 Å². The summed E-state index contributed by atoms with van der Waals surface area (Å²) in [4.78, 5) is 12.8. The number of hydrogen-bond donors (Lipinski definition) is 2. The lowest BCUT2D eigenvalue weighted by atomic mass is 9.83. The van der Waals surface area contributed by atoms with Crippen LogP contribution in [-0.2, 0) is 0 Å². The van der Waals surface area contributed by atoms with Gasteiger partial charge >= 0.3 is 6.09 Å². The van der Waals surface area contributed by atoms with Gasteiger partial charge in [0.1, 0.15) is 5.82 Å². The number of halogens is 1. The molecule has 0 radical (unpaired) electrons. The van der Waals surface area contributed by atoms with Crippen molar-refractivity contribution >= 4 is 6.09 Å². The molecule has 1 aliphatic heterocycles. The van der Waals surface area contributed by atoms with Crippen molar-refractivity contribution in [2.24, 2.45) is 0 Å². The van der Waals surface area contributed by atoms with Crippen molar-refractivity contribution in [2.45, 2.75) is 51.6 Å². The SMILES string of the molecule is Cc1cc(F)ccc1[C@@H]1CN(C(=O)O)CC[C@H]1NC(C)(C)C. The van der Waals surface area contributed by atoms with E-state index >= 15 is 0 Å². The van der Waals surface area contributed by atoms with E-state index in [2.05, 4.69) is 26.1 Å². The third-order valence-corrected chi connectivity index (χ3v) is 4.13. The van der Waals surface area contributed by atoms with Crippen LogP contribution in [0.3, 0.4) is 0 Å². The molecule has 0 aliphatic carbocycles. The Morgan fingerprint density at radius 2 is 2.09 bits per heavy atom. The van der Waals surface area contributed by atoms with Crippen molar-refractivity contribution < 1.29 is 14.3 Å². The largest absolute Gasteiger partial charge is 0.465 e. The molecule has 22 heavy (non-hydrogen) atoms. The van der Waals surface area contributed by atoms with Gasteiger partial charge in [0, 0.05) is 30.6 Å². The Balaban J connectivity index is 2.31. The van der Waals surface area contributed by atoms with Crippen LogP contribution in [0.2, 0.25) is 0 Å². The first kappa shape index (κ1) is 16.7. The van der Waals surface area contributed by atoms with Gasteiger partial charge in [-0.3, -0.25) is 0 Å². The highest BCUT2D eigenvalue weighted by atomic mass is 19.1. The van der Waals surface area contributed by atoms with Crippen molar-refractivity contribution in [3.8, 4) is 0 Å². The zero-order valence-electron chi connectivity index (χ0n) is 13.7. The number of piperidine rings is 1. The summed E-state index contributed by atoms with van der Waals surface area (Å²) in [7, 11) is 0. The molecule has 5 heteroatoms. The number of rotatable bonds is 2. The minimum Gasteiger partial charge on any atom is -0.465 e. The Bertz CT molecular complexity index is 554. The van der Waals surface area contributed by atoms with Crippen LogP contribution in [0.4, 0.5) is 9.18 Å². The van der Waals surface area contributed by atoms with Gasteiger partial charge in [0.05, 0.1) is 0 Å². The molecule has 2 rings (SSSR count). The lowest BCUT2D eigenvalue weighted by molar-refractivity contribution is 0.116. The molecule has 122 valence electrons. The van der Waals surface area contributed by atoms with Crippen LogP contribution in [0, 0.1) is 12.7 Å². The second-order valence-corrected chi connectivity index (χ2v) is 7.13. The fourth-order valence-corrected chi connectivity index (χ4v) is 3.22. The van der Waals surface area contributed by atoms with Gasteiger partial charge in [-0.15, -0.1) is 0 Å². The first-order chi connectivity index (χ1) is 10.2. The molecule has 1 heterocycles. The van der Waals surface area contributed by atoms with Gasteiger partial charge in [-0.2, -0.15) is 0 Å². The normalized spacial score (nSPS) is 22.7. The third-order valence-electron chi connectivity index (χ3n) is 4.13. The molecular formula is C17H25FN2O2. The van der Waals surface area contributed by atoms with Crippen LogP contribution < -0.4 is 5.32 Å². The monoisotopic (exact) mass is 308 g/mol. The van der Waals surface area contributed by atoms with Gasteiger partial charge < -0.3 is 15.3 Å². The van der Waals surface area contributed by atoms with E-state index in [9.17, 15) is 14.3 Å². The molecule has 1 saturated heterocycles. The number of amides is 1. The summed E-state index contributed by atoms with van der Waals surface area (Å²) < 4.78 is 13.4. The smallest absolute Gasteiger partial charge is 0.407 e. The number of aryl methyl sites for hydroxylation is 1. The number of likely N-dealkylation sites (tertiary alicyclic amines) is 1. The average molecular weight is 308 g/mol. The fourth-order valence-electron chi connectivity index (χ4n) is 3.22. The Hall–Kier alpha value is -1.62. The number of nitrogens with one attached hydrogen (secondary N) is 1. The summed E-state index contributed by atoms with van der Waals surface area (Å²) in [6, 6.07) is 4.94. The van der Waals surface area contributed by atoms with E-state index in [1.54, 1.807) is 6.07 Å². The summed E-state index contributed by atoms with van der Waals surface area (Å²) in [5.74, 6) is -0.225. The molecule has 0 unspecified atom stereocenters. The van der Waals surface area contributed by atoms with E-state index in [0.29, 0.717) is 13.1 Å². The zero-order valence-corrected chi connectivity index (χ0v) is 13.7. The predicted octanol–water partition coefficient (Wildman–Crippen LogP) is 3.36. The molecule has 1 aromatic carbocycles. The average Bonchev–Trinajstić information content (AvgIpc) is 2.37. The molecule has 1 aromatic rings. The van der Waals surface area contributed by atoms with Crippen molar-refractivity contribution in [3.63, 3.8) is 0 Å². The summed E-state index contributed by atoms with van der Waals surface area (Å²) in [6.07, 6.45) is -0.135. The van der Waals surface area contributed by atoms with Gasteiger partial charge in [0.25, 0.3) is 0 Å². The van der Waals surface area contributed by atoms with Crippen molar-refractivity contribution in [1.82, 2.24) is 10.2 Å². The fraction of sp³-hybridized carbons (Fsp3) is 0.588. The van der Waals surface area contributed by atoms with E-state index in [-0.39, 0.29) is 23.3 Å². The molecular weight excluding hydrogens is 283 g/mol. The maximum absolute atomic E-state index is 13.4. The minimum atomic E-state index is -0.890. The molecule has 2 atom stereocenters. The third kappa shape index (κ3) is 3.97. The predicted molar refractivity (Wildman–Crippen MR) is 84.8 cm³/mol. The Labute approximate surface area is 131 Å². The highest BCUT2D eigenvalue weighted by molar-refractivity contribution is 5.65. The van der Waals surface area contributed by atoms with Crippen molar-refractivity contribution in [2.75, 3.05) is 13.1 Å². The van der Waals surface area contributed by atoms with Gasteiger partial charge in [-0.25, -0.2) is 9.18 Å². The molecule has 1 amide bonds. The molecule has 0 aromatic heterocycles. The minimum absolute atomic E-state index is 0.0321. The van der Waals surface area contributed by atoms with E-state index in [1.807, 2.05) is 6.92 Å². The van der Waals surface area contributed by atoms with Crippen molar-refractivity contribution in [3.05, 3.63) is 35.1 Å². The zero-order chi connectivity index (χ0) is 16.5. The molecule has 2 N–H and O–H groups in total. The second kappa shape index (κ2) is 6.24. The Morgan fingerprint density at radius 3 is 2.64 bits per heavy atom. The topological polar surface area (TPSA) is 52.6 Å². The molecule has 4 nitrogen and oxygen atoms in total. The summed E-state index contributed by atoms with van der Waals surface area (Å²) in [6.45, 7) is 9.16. The Morgan fingerprint density at radius 1 is 1.41 bits per heavy atom. The maximum Gasteiger partial charge on any atom is 0.407 e. The number of carboxylic acid groups (broad SMARTS) is 1. The van der Waals surface area contributed by atoms with Gasteiger partial charge in [0.15, 0.2) is 0 Å². The van der Waals surface area contributed by atoms with Gasteiger partial charge in [0.2, 0.25) is 0 Å². The number of benzene rings is 1. The first-order valence-electron chi connectivity index (χ1n) is 7.69. The number of carbonyl (C=O) groups is 1. The number of hydrogen-bond acceptors (Lipinski definition) is 2. The van der Waals surface area contributed by atoms with Crippen LogP contribution >= 0.6 is 0 Å². The lowest BCUT2D eigenvalue weighted by Gasteiger charge is -2.41. The molecule has 0 bridgehead atoms. The highest BCUT2D eigenvalue weighted by Gasteiger charge is 2.34. The van der Waals surface area contributed by atoms with Crippen LogP contribution in [0.15, 0.2) is 18.2 Å². The Kier molecular flexibility index (Phi) is 4.75. The number of nitrogens with zero attached hydrogens (tertiary/aromatic N) is 1. The van der Waals surface area contributed by atoms with E-state index in [0.717, 1.165) is 17.5 Å². The van der Waals surface area contributed by atoms with Gasteiger partial charge in [-0.05, 0) is 57.4 Å². The van der Waals surface area contributed by atoms with E-state index in [4.69, 9.17) is 0 Å². The van der Waals surface area contributed by atoms with Crippen LogP contribution in [0.25, 0.3) is 0 Å².